The molecule has 0 aromatic heterocycles. The molecule has 0 saturated heterocycles. The predicted molar refractivity (Wildman–Crippen MR) is 107 cm³/mol. The van der Waals surface area contributed by atoms with Crippen LogP contribution in [0.2, 0.25) is 0 Å². The number of alkyl halides is 1. The van der Waals surface area contributed by atoms with Gasteiger partial charge >= 0.3 is 0 Å². The summed E-state index contributed by atoms with van der Waals surface area (Å²) in [7, 11) is 0. The molecule has 0 saturated carbocycles. The van der Waals surface area contributed by atoms with Gasteiger partial charge in [-0.1, -0.05) is 12.8 Å². The number of nitrogens with two attached hydrogens (primary N) is 1. The van der Waals surface area contributed by atoms with Crippen molar-refractivity contribution in [3.8, 4) is 0 Å². The molecular weight excluding hydrogens is 380 g/mol. The lowest BCUT2D eigenvalue weighted by atomic mass is 10.2. The second kappa shape index (κ2) is 21.2. The molecule has 1 amide bonds. The molecule has 0 aromatic rings. The summed E-state index contributed by atoms with van der Waals surface area (Å²) in [5.41, 5.74) is 5.52. The summed E-state index contributed by atoms with van der Waals surface area (Å²) >= 11 is 9.57. The van der Waals surface area contributed by atoms with Crippen LogP contribution in [-0.4, -0.2) is 83.0 Å². The van der Waals surface area contributed by atoms with Crippen LogP contribution in [0.5, 0.6) is 0 Å². The molecule has 1 unspecified atom stereocenters. The Hall–Kier alpha value is -0.0900. The summed E-state index contributed by atoms with van der Waals surface area (Å²) in [5.74, 6) is 0.851. The zero-order chi connectivity index (χ0) is 19.3. The Morgan fingerprint density at radius 3 is 1.88 bits per heavy atom. The van der Waals surface area contributed by atoms with Gasteiger partial charge in [0.05, 0.1) is 52.3 Å². The van der Waals surface area contributed by atoms with Crippen molar-refractivity contribution >= 4 is 30.1 Å². The van der Waals surface area contributed by atoms with Gasteiger partial charge in [0, 0.05) is 24.8 Å². The van der Waals surface area contributed by atoms with Gasteiger partial charge in [0.2, 0.25) is 5.91 Å². The van der Waals surface area contributed by atoms with E-state index in [1.807, 2.05) is 0 Å². The molecule has 0 bridgehead atoms. The number of unbranched alkanes of at least 4 members (excludes halogenated alkanes) is 3. The number of ether oxygens (including phenoxy) is 4. The first-order valence-electron chi connectivity index (χ1n) is 9.23. The Labute approximate surface area is 168 Å². The Morgan fingerprint density at radius 1 is 0.846 bits per heavy atom. The molecule has 0 rings (SSSR count). The molecule has 3 N–H and O–H groups in total. The molecule has 156 valence electrons. The predicted octanol–water partition coefficient (Wildman–Crippen LogP) is 1.23. The molecule has 7 nitrogen and oxygen atoms in total. The van der Waals surface area contributed by atoms with E-state index in [0.717, 1.165) is 25.3 Å². The highest BCUT2D eigenvalue weighted by Crippen LogP contribution is 2.01. The third kappa shape index (κ3) is 18.7. The van der Waals surface area contributed by atoms with E-state index in [2.05, 4.69) is 17.9 Å². The minimum absolute atomic E-state index is 0.215. The number of halogens is 1. The van der Waals surface area contributed by atoms with E-state index < -0.39 is 6.04 Å². The van der Waals surface area contributed by atoms with Gasteiger partial charge in [-0.05, 0) is 12.8 Å². The molecule has 0 aromatic carbocycles. The van der Waals surface area contributed by atoms with Crippen molar-refractivity contribution < 1.29 is 23.7 Å². The average Bonchev–Trinajstić information content (AvgIpc) is 2.66. The second-order valence-corrected chi connectivity index (χ2v) is 6.38. The molecule has 0 aliphatic heterocycles. The Bertz CT molecular complexity index is 317. The zero-order valence-electron chi connectivity index (χ0n) is 15.6. The standard InChI is InChI=1S/C17H35ClN2O5S/c18-5-3-1-2-4-7-22-9-11-24-13-14-25-12-10-23-8-6-20-17(21)16(19)15-26/h16,26H,1-15,19H2,(H,20,21). The number of nitrogens with one attached hydrogen (secondary N) is 1. The molecule has 0 heterocycles. The van der Waals surface area contributed by atoms with Crippen LogP contribution in [0.25, 0.3) is 0 Å². The number of amides is 1. The Kier molecular flexibility index (Phi) is 21.1. The quantitative estimate of drug-likeness (QED) is 0.158. The third-order valence-corrected chi connectivity index (χ3v) is 4.03. The van der Waals surface area contributed by atoms with Gasteiger partial charge in [-0.15, -0.1) is 11.6 Å². The fraction of sp³-hybridized carbons (Fsp3) is 0.941. The van der Waals surface area contributed by atoms with Crippen LogP contribution < -0.4 is 11.1 Å². The first kappa shape index (κ1) is 25.9. The van der Waals surface area contributed by atoms with Crippen LogP contribution in [0.15, 0.2) is 0 Å². The molecule has 1 atom stereocenters. The van der Waals surface area contributed by atoms with Crippen molar-refractivity contribution in [1.29, 1.82) is 0 Å². The first-order chi connectivity index (χ1) is 12.7. The smallest absolute Gasteiger partial charge is 0.237 e. The van der Waals surface area contributed by atoms with Crippen molar-refractivity contribution in [1.82, 2.24) is 5.32 Å². The van der Waals surface area contributed by atoms with Crippen molar-refractivity contribution in [3.05, 3.63) is 0 Å². The summed E-state index contributed by atoms with van der Waals surface area (Å²) in [6.45, 7) is 4.85. The SMILES string of the molecule is NC(CS)C(=O)NCCOCCOCCOCCOCCCCCCCl. The molecule has 26 heavy (non-hydrogen) atoms. The van der Waals surface area contributed by atoms with E-state index in [0.29, 0.717) is 58.5 Å². The maximum atomic E-state index is 11.4. The number of carbonyl (C=O) groups is 1. The Balaban J connectivity index is 3.08. The number of hydrogen-bond donors (Lipinski definition) is 3. The zero-order valence-corrected chi connectivity index (χ0v) is 17.3. The van der Waals surface area contributed by atoms with Gasteiger partial charge in [-0.3, -0.25) is 4.79 Å². The van der Waals surface area contributed by atoms with Crippen molar-refractivity contribution in [2.75, 3.05) is 71.0 Å². The second-order valence-electron chi connectivity index (χ2n) is 5.63. The highest BCUT2D eigenvalue weighted by atomic mass is 35.5. The van der Waals surface area contributed by atoms with Crippen molar-refractivity contribution in [3.63, 3.8) is 0 Å². The molecule has 0 spiro atoms. The van der Waals surface area contributed by atoms with Crippen LogP contribution in [0.4, 0.5) is 0 Å². The largest absolute Gasteiger partial charge is 0.379 e. The van der Waals surface area contributed by atoms with E-state index in [1.54, 1.807) is 0 Å². The highest BCUT2D eigenvalue weighted by molar-refractivity contribution is 7.80. The maximum absolute atomic E-state index is 11.4. The highest BCUT2D eigenvalue weighted by Gasteiger charge is 2.09. The number of carbonyl (C=O) groups excluding carboxylic acids is 1. The molecular formula is C17H35ClN2O5S. The summed E-state index contributed by atoms with van der Waals surface area (Å²) in [6, 6.07) is -0.576. The number of rotatable bonds is 20. The molecule has 0 fully saturated rings. The van der Waals surface area contributed by atoms with Gasteiger partial charge in [-0.25, -0.2) is 0 Å². The van der Waals surface area contributed by atoms with Gasteiger partial charge in [0.1, 0.15) is 0 Å². The monoisotopic (exact) mass is 414 g/mol. The van der Waals surface area contributed by atoms with Gasteiger partial charge in [0.15, 0.2) is 0 Å². The van der Waals surface area contributed by atoms with E-state index in [1.165, 1.54) is 12.8 Å². The topological polar surface area (TPSA) is 92.0 Å². The molecule has 9 heteroatoms. The fourth-order valence-electron chi connectivity index (χ4n) is 1.87. The van der Waals surface area contributed by atoms with Crippen molar-refractivity contribution in [2.45, 2.75) is 31.7 Å². The van der Waals surface area contributed by atoms with E-state index in [4.69, 9.17) is 36.3 Å². The van der Waals surface area contributed by atoms with Crippen LogP contribution in [0.3, 0.4) is 0 Å². The van der Waals surface area contributed by atoms with Gasteiger partial charge in [-0.2, -0.15) is 12.6 Å². The summed E-state index contributed by atoms with van der Waals surface area (Å²) < 4.78 is 21.6. The number of hydrogen-bond acceptors (Lipinski definition) is 7. The fourth-order valence-corrected chi connectivity index (χ4v) is 2.23. The van der Waals surface area contributed by atoms with Crippen LogP contribution in [-0.2, 0) is 23.7 Å². The van der Waals surface area contributed by atoms with Gasteiger partial charge < -0.3 is 30.0 Å². The molecule has 0 radical (unpaired) electrons. The lowest BCUT2D eigenvalue weighted by molar-refractivity contribution is -0.122. The summed E-state index contributed by atoms with van der Waals surface area (Å²) in [4.78, 5) is 11.4. The van der Waals surface area contributed by atoms with Gasteiger partial charge in [0.25, 0.3) is 0 Å². The average molecular weight is 415 g/mol. The van der Waals surface area contributed by atoms with E-state index in [9.17, 15) is 4.79 Å². The minimum Gasteiger partial charge on any atom is -0.379 e. The van der Waals surface area contributed by atoms with Crippen LogP contribution >= 0.6 is 24.2 Å². The minimum atomic E-state index is -0.576. The van der Waals surface area contributed by atoms with Crippen LogP contribution in [0, 0.1) is 0 Å². The van der Waals surface area contributed by atoms with Crippen LogP contribution in [0.1, 0.15) is 25.7 Å². The van der Waals surface area contributed by atoms with E-state index >= 15 is 0 Å². The molecule has 0 aliphatic rings. The number of thiol groups is 1. The van der Waals surface area contributed by atoms with E-state index in [-0.39, 0.29) is 5.91 Å². The Morgan fingerprint density at radius 2 is 1.35 bits per heavy atom. The molecule has 0 aliphatic carbocycles. The maximum Gasteiger partial charge on any atom is 0.237 e. The lowest BCUT2D eigenvalue weighted by Crippen LogP contribution is -2.43. The van der Waals surface area contributed by atoms with Crippen molar-refractivity contribution in [2.24, 2.45) is 5.73 Å². The first-order valence-corrected chi connectivity index (χ1v) is 10.4. The third-order valence-electron chi connectivity index (χ3n) is 3.37. The summed E-state index contributed by atoms with van der Waals surface area (Å²) in [6.07, 6.45) is 4.49. The summed E-state index contributed by atoms with van der Waals surface area (Å²) in [5, 5.41) is 2.67. The normalized spacial score (nSPS) is 12.3. The lowest BCUT2D eigenvalue weighted by Gasteiger charge is -2.10.